The first-order valence-electron chi connectivity index (χ1n) is 7.04. The summed E-state index contributed by atoms with van der Waals surface area (Å²) < 4.78 is 0. The summed E-state index contributed by atoms with van der Waals surface area (Å²) in [5.74, 6) is -0.964. The van der Waals surface area contributed by atoms with Crippen LogP contribution < -0.4 is 4.90 Å². The highest BCUT2D eigenvalue weighted by Crippen LogP contribution is 2.27. The van der Waals surface area contributed by atoms with Crippen molar-refractivity contribution >= 4 is 29.3 Å². The Labute approximate surface area is 131 Å². The summed E-state index contributed by atoms with van der Waals surface area (Å²) >= 11 is 6.33. The highest BCUT2D eigenvalue weighted by Gasteiger charge is 2.09. The number of carboxylic acid groups (broad SMARTS) is 1. The average molecular weight is 311 g/mol. The molecule has 0 aliphatic heterocycles. The summed E-state index contributed by atoms with van der Waals surface area (Å²) in [7, 11) is 4.12. The summed E-state index contributed by atoms with van der Waals surface area (Å²) in [6, 6.07) is 5.63. The second kappa shape index (κ2) is 8.70. The highest BCUT2D eigenvalue weighted by atomic mass is 35.5. The van der Waals surface area contributed by atoms with Crippen LogP contribution >= 0.6 is 11.6 Å². The van der Waals surface area contributed by atoms with Crippen molar-refractivity contribution in [2.45, 2.75) is 13.3 Å². The molecule has 5 heteroatoms. The number of halogens is 1. The molecule has 0 aliphatic rings. The van der Waals surface area contributed by atoms with Crippen LogP contribution in [0, 0.1) is 0 Å². The Balaban J connectivity index is 2.78. The average Bonchev–Trinajstić information content (AvgIpc) is 2.42. The van der Waals surface area contributed by atoms with Crippen LogP contribution in [0.5, 0.6) is 0 Å². The van der Waals surface area contributed by atoms with Crippen molar-refractivity contribution in [3.05, 3.63) is 34.9 Å². The first-order chi connectivity index (χ1) is 9.93. The molecular formula is C16H23ClN2O2. The van der Waals surface area contributed by atoms with E-state index in [0.717, 1.165) is 43.4 Å². The molecule has 0 aliphatic carbocycles. The molecule has 0 unspecified atom stereocenters. The van der Waals surface area contributed by atoms with Gasteiger partial charge in [-0.05, 0) is 57.8 Å². The maximum Gasteiger partial charge on any atom is 0.328 e. The van der Waals surface area contributed by atoms with Crippen LogP contribution in [0.2, 0.25) is 5.02 Å². The van der Waals surface area contributed by atoms with E-state index in [1.54, 1.807) is 12.1 Å². The van der Waals surface area contributed by atoms with Crippen LogP contribution in [0.25, 0.3) is 6.08 Å². The summed E-state index contributed by atoms with van der Waals surface area (Å²) in [6.45, 7) is 4.97. The minimum absolute atomic E-state index is 0.647. The van der Waals surface area contributed by atoms with Crippen LogP contribution in [-0.2, 0) is 4.79 Å². The van der Waals surface area contributed by atoms with Gasteiger partial charge in [0, 0.05) is 19.2 Å². The van der Waals surface area contributed by atoms with Crippen molar-refractivity contribution in [2.24, 2.45) is 0 Å². The zero-order chi connectivity index (χ0) is 15.8. The number of hydrogen-bond acceptors (Lipinski definition) is 3. The number of nitrogens with zero attached hydrogens (tertiary/aromatic N) is 2. The van der Waals surface area contributed by atoms with Gasteiger partial charge in [0.2, 0.25) is 0 Å². The first kappa shape index (κ1) is 17.5. The van der Waals surface area contributed by atoms with E-state index >= 15 is 0 Å². The van der Waals surface area contributed by atoms with E-state index in [0.29, 0.717) is 5.02 Å². The molecular weight excluding hydrogens is 288 g/mol. The molecule has 1 N–H and O–H groups in total. The van der Waals surface area contributed by atoms with Crippen LogP contribution in [0.3, 0.4) is 0 Å². The lowest BCUT2D eigenvalue weighted by atomic mass is 10.1. The maximum absolute atomic E-state index is 10.5. The van der Waals surface area contributed by atoms with Gasteiger partial charge in [-0.3, -0.25) is 0 Å². The fourth-order valence-corrected chi connectivity index (χ4v) is 2.39. The molecule has 116 valence electrons. The van der Waals surface area contributed by atoms with E-state index in [-0.39, 0.29) is 0 Å². The molecule has 0 spiro atoms. The largest absolute Gasteiger partial charge is 0.478 e. The van der Waals surface area contributed by atoms with E-state index in [2.05, 4.69) is 30.8 Å². The van der Waals surface area contributed by atoms with Crippen molar-refractivity contribution in [2.75, 3.05) is 38.6 Å². The molecule has 1 aromatic carbocycles. The first-order valence-corrected chi connectivity index (χ1v) is 7.42. The Morgan fingerprint density at radius 3 is 2.57 bits per heavy atom. The number of benzene rings is 1. The van der Waals surface area contributed by atoms with E-state index in [1.165, 1.54) is 0 Å². The Kier molecular flexibility index (Phi) is 7.26. The summed E-state index contributed by atoms with van der Waals surface area (Å²) in [4.78, 5) is 14.9. The third-order valence-corrected chi connectivity index (χ3v) is 3.45. The fourth-order valence-electron chi connectivity index (χ4n) is 2.08. The van der Waals surface area contributed by atoms with E-state index in [1.807, 2.05) is 12.1 Å². The number of aliphatic carboxylic acids is 1. The lowest BCUT2D eigenvalue weighted by Gasteiger charge is -2.25. The van der Waals surface area contributed by atoms with Gasteiger partial charge in [-0.25, -0.2) is 4.79 Å². The molecule has 0 amide bonds. The molecule has 21 heavy (non-hydrogen) atoms. The van der Waals surface area contributed by atoms with Crippen LogP contribution in [0.15, 0.2) is 24.3 Å². The molecule has 0 saturated heterocycles. The van der Waals surface area contributed by atoms with Crippen molar-refractivity contribution in [1.82, 2.24) is 4.90 Å². The molecule has 1 rings (SSSR count). The summed E-state index contributed by atoms with van der Waals surface area (Å²) in [6.07, 6.45) is 3.72. The Morgan fingerprint density at radius 1 is 1.33 bits per heavy atom. The van der Waals surface area contributed by atoms with E-state index < -0.39 is 5.97 Å². The molecule has 0 fully saturated rings. The van der Waals surface area contributed by atoms with Gasteiger partial charge >= 0.3 is 5.97 Å². The van der Waals surface area contributed by atoms with Crippen LogP contribution in [0.1, 0.15) is 18.9 Å². The van der Waals surface area contributed by atoms with Crippen molar-refractivity contribution < 1.29 is 9.90 Å². The number of carboxylic acids is 1. The number of hydrogen-bond donors (Lipinski definition) is 1. The fraction of sp³-hybridized carbons (Fsp3) is 0.438. The monoisotopic (exact) mass is 310 g/mol. The minimum atomic E-state index is -0.964. The highest BCUT2D eigenvalue weighted by molar-refractivity contribution is 6.33. The van der Waals surface area contributed by atoms with Crippen LogP contribution in [-0.4, -0.2) is 49.7 Å². The molecule has 0 radical (unpaired) electrons. The quantitative estimate of drug-likeness (QED) is 0.749. The third-order valence-electron chi connectivity index (χ3n) is 3.15. The van der Waals surface area contributed by atoms with Gasteiger partial charge in [-0.1, -0.05) is 17.7 Å². The van der Waals surface area contributed by atoms with Gasteiger partial charge in [0.25, 0.3) is 0 Å². The molecule has 1 aromatic rings. The molecule has 0 aromatic heterocycles. The lowest BCUT2D eigenvalue weighted by molar-refractivity contribution is -0.131. The number of carbonyl (C=O) groups is 1. The summed E-state index contributed by atoms with van der Waals surface area (Å²) in [5.41, 5.74) is 1.78. The zero-order valence-electron chi connectivity index (χ0n) is 12.8. The third kappa shape index (κ3) is 6.19. The second-order valence-corrected chi connectivity index (χ2v) is 5.53. The van der Waals surface area contributed by atoms with Gasteiger partial charge in [0.1, 0.15) is 0 Å². The van der Waals surface area contributed by atoms with Gasteiger partial charge in [0.05, 0.1) is 10.7 Å². The molecule has 4 nitrogen and oxygen atoms in total. The maximum atomic E-state index is 10.5. The molecule has 0 bridgehead atoms. The number of rotatable bonds is 8. The van der Waals surface area contributed by atoms with Crippen molar-refractivity contribution in [3.63, 3.8) is 0 Å². The van der Waals surface area contributed by atoms with Gasteiger partial charge in [-0.15, -0.1) is 0 Å². The van der Waals surface area contributed by atoms with E-state index in [9.17, 15) is 4.79 Å². The predicted molar refractivity (Wildman–Crippen MR) is 89.2 cm³/mol. The van der Waals surface area contributed by atoms with Crippen molar-refractivity contribution in [3.8, 4) is 0 Å². The topological polar surface area (TPSA) is 43.8 Å². The SMILES string of the molecule is CCN(CCCN(C)C)c1ccc(/C=C/C(=O)O)cc1Cl. The predicted octanol–water partition coefficient (Wildman–Crippen LogP) is 3.22. The standard InChI is InChI=1S/C16H23ClN2O2/c1-4-19(11-5-10-18(2)3)15-8-6-13(12-14(15)17)7-9-16(20)21/h6-9,12H,4-5,10-11H2,1-3H3,(H,20,21)/b9-7+. The minimum Gasteiger partial charge on any atom is -0.478 e. The van der Waals surface area contributed by atoms with E-state index in [4.69, 9.17) is 16.7 Å². The number of anilines is 1. The van der Waals surface area contributed by atoms with Crippen molar-refractivity contribution in [1.29, 1.82) is 0 Å². The zero-order valence-corrected chi connectivity index (χ0v) is 13.6. The molecule has 0 heterocycles. The smallest absolute Gasteiger partial charge is 0.328 e. The van der Waals surface area contributed by atoms with Crippen LogP contribution in [0.4, 0.5) is 5.69 Å². The summed E-state index contributed by atoms with van der Waals surface area (Å²) in [5, 5.41) is 9.28. The normalized spacial score (nSPS) is 11.3. The Morgan fingerprint density at radius 2 is 2.05 bits per heavy atom. The Bertz CT molecular complexity index is 501. The molecule has 0 saturated carbocycles. The van der Waals surface area contributed by atoms with Gasteiger partial charge in [-0.2, -0.15) is 0 Å². The van der Waals surface area contributed by atoms with Gasteiger partial charge in [0.15, 0.2) is 0 Å². The van der Waals surface area contributed by atoms with Gasteiger partial charge < -0.3 is 14.9 Å². The molecule has 0 atom stereocenters. The lowest BCUT2D eigenvalue weighted by Crippen LogP contribution is -2.27. The second-order valence-electron chi connectivity index (χ2n) is 5.12. The Hall–Kier alpha value is -1.52.